The first-order valence-corrected chi connectivity index (χ1v) is 9.76. The minimum Gasteiger partial charge on any atom is -0.492 e. The number of ether oxygens (including phenoxy) is 1. The molecular weight excluding hydrogens is 332 g/mol. The van der Waals surface area contributed by atoms with E-state index in [9.17, 15) is 4.79 Å². The molecule has 4 nitrogen and oxygen atoms in total. The highest BCUT2D eigenvalue weighted by Gasteiger charge is 2.33. The maximum absolute atomic E-state index is 12.7. The average molecular weight is 355 g/mol. The molecule has 0 bridgehead atoms. The summed E-state index contributed by atoms with van der Waals surface area (Å²) >= 11 is 7.80. The molecule has 2 fully saturated rings. The van der Waals surface area contributed by atoms with Gasteiger partial charge < -0.3 is 9.64 Å². The molecule has 126 valence electrons. The number of benzene rings is 1. The summed E-state index contributed by atoms with van der Waals surface area (Å²) in [6.45, 7) is 4.18. The van der Waals surface area contributed by atoms with Gasteiger partial charge in [-0.1, -0.05) is 11.6 Å². The Bertz CT molecular complexity index is 520. The van der Waals surface area contributed by atoms with E-state index in [2.05, 4.69) is 4.90 Å². The molecule has 2 saturated heterocycles. The van der Waals surface area contributed by atoms with E-state index in [0.29, 0.717) is 17.5 Å². The molecule has 1 aromatic rings. The first-order valence-electron chi connectivity index (χ1n) is 8.23. The molecule has 1 aromatic carbocycles. The summed E-state index contributed by atoms with van der Waals surface area (Å²) in [6, 6.07) is 7.45. The molecule has 6 heteroatoms. The maximum Gasteiger partial charge on any atom is 0.239 e. The second-order valence-corrected chi connectivity index (χ2v) is 7.60. The number of halogens is 1. The van der Waals surface area contributed by atoms with Crippen LogP contribution >= 0.6 is 23.4 Å². The van der Waals surface area contributed by atoms with Crippen molar-refractivity contribution in [1.82, 2.24) is 9.80 Å². The molecule has 23 heavy (non-hydrogen) atoms. The summed E-state index contributed by atoms with van der Waals surface area (Å²) in [5, 5.41) is 0.710. The predicted octanol–water partition coefficient (Wildman–Crippen LogP) is 2.76. The summed E-state index contributed by atoms with van der Waals surface area (Å²) in [5.41, 5.74) is 0. The first kappa shape index (κ1) is 16.9. The Kier molecular flexibility index (Phi) is 6.08. The number of nitrogens with zero attached hydrogens (tertiary/aromatic N) is 2. The van der Waals surface area contributed by atoms with E-state index in [0.717, 1.165) is 56.3 Å². The van der Waals surface area contributed by atoms with Crippen LogP contribution in [0.2, 0.25) is 5.02 Å². The third-order valence-electron chi connectivity index (χ3n) is 4.43. The molecule has 2 aliphatic heterocycles. The van der Waals surface area contributed by atoms with Gasteiger partial charge in [-0.3, -0.25) is 9.69 Å². The molecule has 2 heterocycles. The maximum atomic E-state index is 12.7. The van der Waals surface area contributed by atoms with Crippen LogP contribution in [0.3, 0.4) is 0 Å². The van der Waals surface area contributed by atoms with Gasteiger partial charge in [-0.15, -0.1) is 0 Å². The second-order valence-electron chi connectivity index (χ2n) is 5.93. The van der Waals surface area contributed by atoms with Crippen molar-refractivity contribution in [3.05, 3.63) is 29.3 Å². The molecule has 0 saturated carbocycles. The lowest BCUT2D eigenvalue weighted by Gasteiger charge is -2.32. The zero-order valence-corrected chi connectivity index (χ0v) is 14.8. The predicted molar refractivity (Wildman–Crippen MR) is 95.4 cm³/mol. The Balaban J connectivity index is 1.48. The molecule has 2 aliphatic rings. The van der Waals surface area contributed by atoms with Gasteiger partial charge in [-0.2, -0.15) is 11.8 Å². The Hall–Kier alpha value is -0.910. The molecule has 3 rings (SSSR count). The number of hydrogen-bond donors (Lipinski definition) is 0. The lowest BCUT2D eigenvalue weighted by atomic mass is 10.2. The van der Waals surface area contributed by atoms with Crippen molar-refractivity contribution in [2.24, 2.45) is 0 Å². The Morgan fingerprint density at radius 2 is 1.96 bits per heavy atom. The summed E-state index contributed by atoms with van der Waals surface area (Å²) in [4.78, 5) is 17.0. The van der Waals surface area contributed by atoms with Gasteiger partial charge in [0.15, 0.2) is 0 Å². The third kappa shape index (κ3) is 4.55. The molecule has 0 aromatic heterocycles. The fourth-order valence-corrected chi connectivity index (χ4v) is 4.21. The third-order valence-corrected chi connectivity index (χ3v) is 5.63. The highest BCUT2D eigenvalue weighted by atomic mass is 35.5. The standard InChI is InChI=1S/C17H23ClN2O2S/c18-14-3-5-15(6-4-14)22-11-8-19-7-1-2-16(19)17(21)20-9-12-23-13-10-20/h3-6,16H,1-2,7-13H2. The zero-order valence-electron chi connectivity index (χ0n) is 13.2. The molecular formula is C17H23ClN2O2S. The van der Waals surface area contributed by atoms with E-state index in [1.165, 1.54) is 0 Å². The van der Waals surface area contributed by atoms with Crippen molar-refractivity contribution in [1.29, 1.82) is 0 Å². The Morgan fingerprint density at radius 3 is 2.70 bits per heavy atom. The van der Waals surface area contributed by atoms with Crippen molar-refractivity contribution >= 4 is 29.3 Å². The van der Waals surface area contributed by atoms with Gasteiger partial charge in [-0.05, 0) is 43.7 Å². The average Bonchev–Trinajstić information content (AvgIpc) is 3.05. The van der Waals surface area contributed by atoms with Crippen LogP contribution in [-0.4, -0.2) is 66.0 Å². The van der Waals surface area contributed by atoms with Crippen LogP contribution in [0.1, 0.15) is 12.8 Å². The lowest BCUT2D eigenvalue weighted by Crippen LogP contribution is -2.49. The zero-order chi connectivity index (χ0) is 16.1. The highest BCUT2D eigenvalue weighted by Crippen LogP contribution is 2.21. The Labute approximate surface area is 147 Å². The summed E-state index contributed by atoms with van der Waals surface area (Å²) in [5.74, 6) is 3.27. The largest absolute Gasteiger partial charge is 0.492 e. The van der Waals surface area contributed by atoms with E-state index in [4.69, 9.17) is 16.3 Å². The number of carbonyl (C=O) groups excluding carboxylic acids is 1. The number of carbonyl (C=O) groups is 1. The smallest absolute Gasteiger partial charge is 0.239 e. The monoisotopic (exact) mass is 354 g/mol. The van der Waals surface area contributed by atoms with E-state index in [1.807, 2.05) is 40.9 Å². The summed E-state index contributed by atoms with van der Waals surface area (Å²) in [6.07, 6.45) is 2.07. The molecule has 0 N–H and O–H groups in total. The Morgan fingerprint density at radius 1 is 1.22 bits per heavy atom. The van der Waals surface area contributed by atoms with Gasteiger partial charge in [0.1, 0.15) is 12.4 Å². The van der Waals surface area contributed by atoms with E-state index in [1.54, 1.807) is 0 Å². The summed E-state index contributed by atoms with van der Waals surface area (Å²) < 4.78 is 5.77. The van der Waals surface area contributed by atoms with Gasteiger partial charge in [0.25, 0.3) is 0 Å². The number of rotatable bonds is 5. The quantitative estimate of drug-likeness (QED) is 0.814. The van der Waals surface area contributed by atoms with E-state index in [-0.39, 0.29) is 6.04 Å². The van der Waals surface area contributed by atoms with Crippen LogP contribution in [0.15, 0.2) is 24.3 Å². The second kappa shape index (κ2) is 8.27. The minimum absolute atomic E-state index is 0.0481. The molecule has 0 radical (unpaired) electrons. The molecule has 1 atom stereocenters. The minimum atomic E-state index is 0.0481. The molecule has 1 unspecified atom stereocenters. The van der Waals surface area contributed by atoms with Gasteiger partial charge >= 0.3 is 0 Å². The summed E-state index contributed by atoms with van der Waals surface area (Å²) in [7, 11) is 0. The van der Waals surface area contributed by atoms with Crippen LogP contribution in [0.5, 0.6) is 5.75 Å². The fraction of sp³-hybridized carbons (Fsp3) is 0.588. The van der Waals surface area contributed by atoms with Crippen molar-refractivity contribution in [3.63, 3.8) is 0 Å². The molecule has 0 aliphatic carbocycles. The molecule has 1 amide bonds. The number of thioether (sulfide) groups is 1. The van der Waals surface area contributed by atoms with Gasteiger partial charge in [0, 0.05) is 36.2 Å². The van der Waals surface area contributed by atoms with E-state index >= 15 is 0 Å². The number of hydrogen-bond acceptors (Lipinski definition) is 4. The van der Waals surface area contributed by atoms with Gasteiger partial charge in [0.05, 0.1) is 6.04 Å². The van der Waals surface area contributed by atoms with Crippen LogP contribution in [0.25, 0.3) is 0 Å². The number of amides is 1. The van der Waals surface area contributed by atoms with Gasteiger partial charge in [0.2, 0.25) is 5.91 Å². The lowest BCUT2D eigenvalue weighted by molar-refractivity contribution is -0.135. The van der Waals surface area contributed by atoms with Crippen molar-refractivity contribution in [3.8, 4) is 5.75 Å². The van der Waals surface area contributed by atoms with Crippen LogP contribution in [0, 0.1) is 0 Å². The number of likely N-dealkylation sites (tertiary alicyclic amines) is 1. The first-order chi connectivity index (χ1) is 11.2. The van der Waals surface area contributed by atoms with Crippen molar-refractivity contribution in [2.75, 3.05) is 44.3 Å². The SMILES string of the molecule is O=C(C1CCCN1CCOc1ccc(Cl)cc1)N1CCSCC1. The van der Waals surface area contributed by atoms with Gasteiger partial charge in [-0.25, -0.2) is 0 Å². The van der Waals surface area contributed by atoms with Crippen LogP contribution in [0.4, 0.5) is 0 Å². The normalized spacial score (nSPS) is 22.3. The fourth-order valence-electron chi connectivity index (χ4n) is 3.18. The van der Waals surface area contributed by atoms with Crippen molar-refractivity contribution in [2.45, 2.75) is 18.9 Å². The van der Waals surface area contributed by atoms with Crippen LogP contribution in [-0.2, 0) is 4.79 Å². The molecule has 0 spiro atoms. The highest BCUT2D eigenvalue weighted by molar-refractivity contribution is 7.99. The van der Waals surface area contributed by atoms with E-state index < -0.39 is 0 Å². The topological polar surface area (TPSA) is 32.8 Å². The van der Waals surface area contributed by atoms with Crippen molar-refractivity contribution < 1.29 is 9.53 Å². The van der Waals surface area contributed by atoms with Crippen LogP contribution < -0.4 is 4.74 Å².